The first kappa shape index (κ1) is 25.8. The maximum absolute atomic E-state index is 13.4. The normalized spacial score (nSPS) is 17.3. The molecule has 2 aromatic carbocycles. The summed E-state index contributed by atoms with van der Waals surface area (Å²) < 4.78 is 33.4. The molecule has 10 heteroatoms. The predicted molar refractivity (Wildman–Crippen MR) is 134 cm³/mol. The Labute approximate surface area is 211 Å². The van der Waals surface area contributed by atoms with Crippen LogP contribution in [0.5, 0.6) is 5.75 Å². The van der Waals surface area contributed by atoms with Crippen molar-refractivity contribution >= 4 is 33.4 Å². The molecular formula is C26H31N3O6S. The Morgan fingerprint density at radius 2 is 1.61 bits per heavy atom. The number of imide groups is 1. The molecule has 1 unspecified atom stereocenters. The van der Waals surface area contributed by atoms with Crippen LogP contribution in [0.2, 0.25) is 0 Å². The minimum Gasteiger partial charge on any atom is -0.495 e. The number of carbonyl (C=O) groups excluding carboxylic acids is 3. The molecule has 0 bridgehead atoms. The van der Waals surface area contributed by atoms with E-state index in [1.165, 1.54) is 23.5 Å². The summed E-state index contributed by atoms with van der Waals surface area (Å²) in [7, 11) is -2.44. The third-order valence-electron chi connectivity index (χ3n) is 6.50. The van der Waals surface area contributed by atoms with Crippen LogP contribution in [0.15, 0.2) is 47.4 Å². The van der Waals surface area contributed by atoms with Gasteiger partial charge >= 0.3 is 0 Å². The van der Waals surface area contributed by atoms with Crippen molar-refractivity contribution in [2.24, 2.45) is 5.92 Å². The smallest absolute Gasteiger partial charge is 0.262 e. The van der Waals surface area contributed by atoms with Crippen LogP contribution in [0.25, 0.3) is 0 Å². The number of hydrogen-bond acceptors (Lipinski definition) is 6. The molecule has 0 radical (unpaired) electrons. The Balaban J connectivity index is 1.63. The summed E-state index contributed by atoms with van der Waals surface area (Å²) in [6.45, 7) is 4.65. The minimum absolute atomic E-state index is 0.0102. The molecule has 2 aliphatic rings. The minimum atomic E-state index is -3.83. The lowest BCUT2D eigenvalue weighted by Crippen LogP contribution is -2.48. The van der Waals surface area contributed by atoms with E-state index in [0.717, 1.165) is 24.2 Å². The fourth-order valence-corrected chi connectivity index (χ4v) is 6.39. The molecule has 192 valence electrons. The number of ether oxygens (including phenoxy) is 1. The van der Waals surface area contributed by atoms with E-state index >= 15 is 0 Å². The number of piperidine rings is 1. The average Bonchev–Trinajstić information content (AvgIpc) is 3.12. The standard InChI is InChI=1S/C26H31N3O6S/c1-17(2)15-21(29-25(31)19-9-5-6-10-20(19)26(29)32)24(30)27-18-11-12-22(35-3)23(16-18)36(33,34)28-13-7-4-8-14-28/h5-6,9-12,16-17,21H,4,7-8,13-15H2,1-3H3,(H,27,30). The zero-order chi connectivity index (χ0) is 26.0. The van der Waals surface area contributed by atoms with Crippen LogP contribution in [-0.2, 0) is 14.8 Å². The van der Waals surface area contributed by atoms with E-state index in [1.54, 1.807) is 30.3 Å². The van der Waals surface area contributed by atoms with E-state index in [9.17, 15) is 22.8 Å². The number of methoxy groups -OCH3 is 1. The number of rotatable bonds is 8. The number of carbonyl (C=O) groups is 3. The first-order valence-corrected chi connectivity index (χ1v) is 13.5. The highest BCUT2D eigenvalue weighted by Crippen LogP contribution is 2.32. The Hall–Kier alpha value is -3.24. The number of fused-ring (bicyclic) bond motifs is 1. The van der Waals surface area contributed by atoms with E-state index in [1.807, 2.05) is 13.8 Å². The molecule has 0 aromatic heterocycles. The van der Waals surface area contributed by atoms with Crippen LogP contribution in [0.3, 0.4) is 0 Å². The highest BCUT2D eigenvalue weighted by atomic mass is 32.2. The van der Waals surface area contributed by atoms with Crippen molar-refractivity contribution in [3.8, 4) is 5.75 Å². The Morgan fingerprint density at radius 1 is 1.00 bits per heavy atom. The Morgan fingerprint density at radius 3 is 2.17 bits per heavy atom. The number of amides is 3. The summed E-state index contributed by atoms with van der Waals surface area (Å²) in [6, 6.07) is 9.84. The molecule has 9 nitrogen and oxygen atoms in total. The first-order valence-electron chi connectivity index (χ1n) is 12.1. The largest absolute Gasteiger partial charge is 0.495 e. The molecule has 4 rings (SSSR count). The molecule has 36 heavy (non-hydrogen) atoms. The van der Waals surface area contributed by atoms with Gasteiger partial charge in [0.15, 0.2) is 0 Å². The summed E-state index contributed by atoms with van der Waals surface area (Å²) >= 11 is 0. The molecule has 0 saturated carbocycles. The van der Waals surface area contributed by atoms with Gasteiger partial charge in [-0.2, -0.15) is 4.31 Å². The lowest BCUT2D eigenvalue weighted by Gasteiger charge is -2.28. The van der Waals surface area contributed by atoms with Gasteiger partial charge in [0.2, 0.25) is 15.9 Å². The maximum Gasteiger partial charge on any atom is 0.262 e. The second kappa shape index (κ2) is 10.4. The second-order valence-electron chi connectivity index (χ2n) is 9.49. The molecule has 2 aliphatic heterocycles. The molecule has 3 amide bonds. The van der Waals surface area contributed by atoms with Gasteiger partial charge in [-0.1, -0.05) is 32.4 Å². The first-order chi connectivity index (χ1) is 17.1. The summed E-state index contributed by atoms with van der Waals surface area (Å²) in [5, 5.41) is 2.74. The lowest BCUT2D eigenvalue weighted by molar-refractivity contribution is -0.120. The van der Waals surface area contributed by atoms with Crippen LogP contribution >= 0.6 is 0 Å². The highest BCUT2D eigenvalue weighted by molar-refractivity contribution is 7.89. The van der Waals surface area contributed by atoms with Gasteiger partial charge in [0.1, 0.15) is 16.7 Å². The van der Waals surface area contributed by atoms with Crippen LogP contribution in [0, 0.1) is 5.92 Å². The summed E-state index contributed by atoms with van der Waals surface area (Å²) in [6.07, 6.45) is 2.81. The summed E-state index contributed by atoms with van der Waals surface area (Å²) in [5.74, 6) is -1.41. The zero-order valence-electron chi connectivity index (χ0n) is 20.7. The predicted octanol–water partition coefficient (Wildman–Crippen LogP) is 3.52. The fourth-order valence-electron chi connectivity index (χ4n) is 4.69. The number of hydrogen-bond donors (Lipinski definition) is 1. The van der Waals surface area contributed by atoms with Gasteiger partial charge in [-0.25, -0.2) is 8.42 Å². The molecule has 1 atom stereocenters. The number of nitrogens with zero attached hydrogens (tertiary/aromatic N) is 2. The molecule has 0 spiro atoms. The number of sulfonamides is 1. The monoisotopic (exact) mass is 513 g/mol. The highest BCUT2D eigenvalue weighted by Gasteiger charge is 2.43. The molecule has 1 fully saturated rings. The second-order valence-corrected chi connectivity index (χ2v) is 11.4. The molecule has 2 aromatic rings. The van der Waals surface area contributed by atoms with Gasteiger partial charge in [0.25, 0.3) is 11.8 Å². The van der Waals surface area contributed by atoms with Crippen molar-refractivity contribution < 1.29 is 27.5 Å². The van der Waals surface area contributed by atoms with Gasteiger partial charge in [-0.3, -0.25) is 19.3 Å². The Kier molecular flexibility index (Phi) is 7.46. The van der Waals surface area contributed by atoms with E-state index < -0.39 is 33.8 Å². The molecule has 0 aliphatic carbocycles. The van der Waals surface area contributed by atoms with Gasteiger partial charge < -0.3 is 10.1 Å². The van der Waals surface area contributed by atoms with E-state index in [2.05, 4.69) is 5.32 Å². The molecule has 1 saturated heterocycles. The van der Waals surface area contributed by atoms with Crippen LogP contribution in [0.1, 0.15) is 60.2 Å². The third kappa shape index (κ3) is 4.87. The summed E-state index contributed by atoms with van der Waals surface area (Å²) in [5.41, 5.74) is 0.772. The van der Waals surface area contributed by atoms with Crippen LogP contribution in [0.4, 0.5) is 5.69 Å². The summed E-state index contributed by atoms with van der Waals surface area (Å²) in [4.78, 5) is 40.5. The van der Waals surface area contributed by atoms with Gasteiger partial charge in [-0.05, 0) is 55.5 Å². The van der Waals surface area contributed by atoms with Crippen molar-refractivity contribution in [3.63, 3.8) is 0 Å². The van der Waals surface area contributed by atoms with Crippen LogP contribution < -0.4 is 10.1 Å². The quantitative estimate of drug-likeness (QED) is 0.541. The molecular weight excluding hydrogens is 482 g/mol. The number of anilines is 1. The van der Waals surface area contributed by atoms with Crippen molar-refractivity contribution in [1.29, 1.82) is 0 Å². The van der Waals surface area contributed by atoms with Gasteiger partial charge in [0.05, 0.1) is 18.2 Å². The van der Waals surface area contributed by atoms with Gasteiger partial charge in [-0.15, -0.1) is 0 Å². The fraction of sp³-hybridized carbons (Fsp3) is 0.423. The van der Waals surface area contributed by atoms with Crippen LogP contribution in [-0.4, -0.2) is 61.6 Å². The molecule has 2 heterocycles. The topological polar surface area (TPSA) is 113 Å². The van der Waals surface area contributed by atoms with Crippen molar-refractivity contribution in [2.75, 3.05) is 25.5 Å². The number of benzene rings is 2. The maximum atomic E-state index is 13.4. The van der Waals surface area contributed by atoms with Crippen molar-refractivity contribution in [3.05, 3.63) is 53.6 Å². The van der Waals surface area contributed by atoms with E-state index in [-0.39, 0.29) is 39.8 Å². The third-order valence-corrected chi connectivity index (χ3v) is 8.42. The van der Waals surface area contributed by atoms with E-state index in [4.69, 9.17) is 4.74 Å². The SMILES string of the molecule is COc1ccc(NC(=O)C(CC(C)C)N2C(=O)c3ccccc3C2=O)cc1S(=O)(=O)N1CCCCC1. The zero-order valence-corrected chi connectivity index (χ0v) is 21.5. The average molecular weight is 514 g/mol. The van der Waals surface area contributed by atoms with Gasteiger partial charge in [0, 0.05) is 18.8 Å². The van der Waals surface area contributed by atoms with Crippen molar-refractivity contribution in [1.82, 2.24) is 9.21 Å². The Bertz CT molecular complexity index is 1250. The van der Waals surface area contributed by atoms with E-state index in [0.29, 0.717) is 13.1 Å². The lowest BCUT2D eigenvalue weighted by atomic mass is 10.0. The molecule has 1 N–H and O–H groups in total. The number of nitrogens with one attached hydrogen (secondary N) is 1. The van der Waals surface area contributed by atoms with Crippen molar-refractivity contribution in [2.45, 2.75) is 50.5 Å².